The molecule has 2 saturated heterocycles. The first kappa shape index (κ1) is 21.7. The summed E-state index contributed by atoms with van der Waals surface area (Å²) in [5.41, 5.74) is 0.864. The molecule has 0 amide bonds. The topological polar surface area (TPSA) is 93.2 Å². The van der Waals surface area contributed by atoms with E-state index in [0.29, 0.717) is 50.8 Å². The molecule has 0 bridgehead atoms. The number of sulfonamides is 2. The molecule has 0 aliphatic carbocycles. The van der Waals surface area contributed by atoms with Gasteiger partial charge in [-0.2, -0.15) is 8.61 Å². The second-order valence-electron chi connectivity index (χ2n) is 8.26. The van der Waals surface area contributed by atoms with Crippen LogP contribution in [0.15, 0.2) is 52.3 Å². The molecule has 5 rings (SSSR count). The molecule has 0 radical (unpaired) electrons. The monoisotopic (exact) mass is 478 g/mol. The van der Waals surface area contributed by atoms with Gasteiger partial charge >= 0.3 is 0 Å². The van der Waals surface area contributed by atoms with E-state index in [2.05, 4.69) is 0 Å². The zero-order valence-corrected chi connectivity index (χ0v) is 19.3. The highest BCUT2D eigenvalue weighted by Crippen LogP contribution is 2.40. The van der Waals surface area contributed by atoms with Crippen LogP contribution in [0.5, 0.6) is 11.5 Å². The lowest BCUT2D eigenvalue weighted by molar-refractivity contribution is 0.171. The maximum atomic E-state index is 13.4. The van der Waals surface area contributed by atoms with Crippen molar-refractivity contribution >= 4 is 20.0 Å². The van der Waals surface area contributed by atoms with E-state index in [4.69, 9.17) is 9.47 Å². The first-order valence-electron chi connectivity index (χ1n) is 10.9. The van der Waals surface area contributed by atoms with Gasteiger partial charge in [0.1, 0.15) is 13.2 Å². The number of nitrogens with zero attached hydrogens (tertiary/aromatic N) is 2. The molecule has 3 aliphatic rings. The molecular weight excluding hydrogens is 452 g/mol. The molecule has 2 fully saturated rings. The van der Waals surface area contributed by atoms with Crippen molar-refractivity contribution in [2.24, 2.45) is 0 Å². The first-order valence-corrected chi connectivity index (χ1v) is 13.8. The molecule has 0 N–H and O–H groups in total. The van der Waals surface area contributed by atoms with E-state index in [1.54, 1.807) is 0 Å². The number of fused-ring (bicyclic) bond motifs is 1. The number of ether oxygens (including phenoxy) is 2. The van der Waals surface area contributed by atoms with Crippen LogP contribution in [0, 0.1) is 0 Å². The van der Waals surface area contributed by atoms with Crippen LogP contribution in [0.3, 0.4) is 0 Å². The first-order chi connectivity index (χ1) is 15.4. The van der Waals surface area contributed by atoms with Gasteiger partial charge in [0, 0.05) is 19.6 Å². The van der Waals surface area contributed by atoms with Gasteiger partial charge in [-0.25, -0.2) is 16.8 Å². The predicted octanol–water partition coefficient (Wildman–Crippen LogP) is 2.77. The lowest BCUT2D eigenvalue weighted by Gasteiger charge is -2.26. The Balaban J connectivity index is 1.41. The van der Waals surface area contributed by atoms with E-state index in [-0.39, 0.29) is 15.8 Å². The van der Waals surface area contributed by atoms with Gasteiger partial charge in [-0.05, 0) is 67.6 Å². The Labute approximate surface area is 188 Å². The van der Waals surface area contributed by atoms with Gasteiger partial charge in [-0.15, -0.1) is 0 Å². The Kier molecular flexibility index (Phi) is 5.65. The van der Waals surface area contributed by atoms with Crippen LogP contribution in [0.1, 0.15) is 37.3 Å². The van der Waals surface area contributed by atoms with E-state index in [1.165, 1.54) is 32.9 Å². The highest BCUT2D eigenvalue weighted by atomic mass is 32.2. The van der Waals surface area contributed by atoms with Gasteiger partial charge < -0.3 is 9.47 Å². The largest absolute Gasteiger partial charge is 0.486 e. The highest BCUT2D eigenvalue weighted by Gasteiger charge is 2.37. The Morgan fingerprint density at radius 2 is 1.34 bits per heavy atom. The Morgan fingerprint density at radius 1 is 0.719 bits per heavy atom. The summed E-state index contributed by atoms with van der Waals surface area (Å²) in [6.45, 7) is 2.39. The summed E-state index contributed by atoms with van der Waals surface area (Å²) in [4.78, 5) is 0.227. The van der Waals surface area contributed by atoms with Crippen LogP contribution in [-0.4, -0.2) is 58.3 Å². The van der Waals surface area contributed by atoms with Crippen molar-refractivity contribution in [2.45, 2.75) is 41.5 Å². The standard InChI is InChI=1S/C22H26N2O6S2/c25-31(26,23-11-1-2-12-23)18-6-8-19(9-7-18)32(27,28)24-13-3-4-20(24)17-5-10-21-22(16-17)30-15-14-29-21/h5-10,16,20H,1-4,11-15H2/t20-/m1/s1. The van der Waals surface area contributed by atoms with E-state index < -0.39 is 20.0 Å². The van der Waals surface area contributed by atoms with Gasteiger partial charge in [-0.3, -0.25) is 0 Å². The van der Waals surface area contributed by atoms with Crippen LogP contribution in [0.2, 0.25) is 0 Å². The van der Waals surface area contributed by atoms with Crippen molar-refractivity contribution in [3.63, 3.8) is 0 Å². The van der Waals surface area contributed by atoms with Crippen molar-refractivity contribution in [3.05, 3.63) is 48.0 Å². The van der Waals surface area contributed by atoms with E-state index in [1.807, 2.05) is 18.2 Å². The summed E-state index contributed by atoms with van der Waals surface area (Å²) in [7, 11) is -7.37. The van der Waals surface area contributed by atoms with Gasteiger partial charge in [0.15, 0.2) is 11.5 Å². The Bertz CT molecular complexity index is 1210. The van der Waals surface area contributed by atoms with Crippen LogP contribution < -0.4 is 9.47 Å². The SMILES string of the molecule is O=S(=O)(c1ccc(S(=O)(=O)N2CCC[C@@H]2c2ccc3c(c2)OCCO3)cc1)N1CCCC1. The van der Waals surface area contributed by atoms with Crippen molar-refractivity contribution in [1.82, 2.24) is 8.61 Å². The number of rotatable bonds is 5. The Hall–Kier alpha value is -2.14. The second-order valence-corrected chi connectivity index (χ2v) is 12.1. The lowest BCUT2D eigenvalue weighted by atomic mass is 10.0. The van der Waals surface area contributed by atoms with Gasteiger partial charge in [0.25, 0.3) is 0 Å². The van der Waals surface area contributed by atoms with E-state index in [0.717, 1.165) is 24.8 Å². The normalized spacial score (nSPS) is 22.3. The summed E-state index contributed by atoms with van der Waals surface area (Å²) in [6, 6.07) is 10.9. The molecule has 3 heterocycles. The molecule has 0 aromatic heterocycles. The third-order valence-corrected chi connectivity index (χ3v) is 10.1. The molecule has 2 aromatic rings. The van der Waals surface area contributed by atoms with Crippen molar-refractivity contribution in [1.29, 1.82) is 0 Å². The van der Waals surface area contributed by atoms with Gasteiger partial charge in [0.05, 0.1) is 15.8 Å². The molecule has 10 heteroatoms. The molecule has 3 aliphatic heterocycles. The van der Waals surface area contributed by atoms with Crippen molar-refractivity contribution < 1.29 is 26.3 Å². The molecule has 1 atom stereocenters. The fourth-order valence-corrected chi connectivity index (χ4v) is 7.82. The van der Waals surface area contributed by atoms with Crippen molar-refractivity contribution in [3.8, 4) is 11.5 Å². The minimum absolute atomic E-state index is 0.0994. The zero-order chi connectivity index (χ0) is 22.3. The quantitative estimate of drug-likeness (QED) is 0.656. The smallest absolute Gasteiger partial charge is 0.243 e. The van der Waals surface area contributed by atoms with E-state index >= 15 is 0 Å². The number of hydrogen-bond acceptors (Lipinski definition) is 6. The summed E-state index contributed by atoms with van der Waals surface area (Å²) < 4.78 is 66.6. The fourth-order valence-electron chi connectivity index (χ4n) is 4.62. The lowest BCUT2D eigenvalue weighted by Crippen LogP contribution is -2.31. The van der Waals surface area contributed by atoms with E-state index in [9.17, 15) is 16.8 Å². The predicted molar refractivity (Wildman–Crippen MR) is 118 cm³/mol. The Morgan fingerprint density at radius 3 is 2.03 bits per heavy atom. The second kappa shape index (κ2) is 8.33. The van der Waals surface area contributed by atoms with Gasteiger partial charge in [0.2, 0.25) is 20.0 Å². The molecule has 0 spiro atoms. The van der Waals surface area contributed by atoms with Gasteiger partial charge in [-0.1, -0.05) is 6.07 Å². The highest BCUT2D eigenvalue weighted by molar-refractivity contribution is 7.89. The zero-order valence-electron chi connectivity index (χ0n) is 17.6. The van der Waals surface area contributed by atoms with Crippen LogP contribution in [-0.2, 0) is 20.0 Å². The third kappa shape index (κ3) is 3.79. The van der Waals surface area contributed by atoms with Crippen LogP contribution in [0.4, 0.5) is 0 Å². The fraction of sp³-hybridized carbons (Fsp3) is 0.455. The molecule has 2 aromatic carbocycles. The molecule has 172 valence electrons. The molecular formula is C22H26N2O6S2. The average Bonchev–Trinajstić information content (AvgIpc) is 3.52. The summed E-state index contributed by atoms with van der Waals surface area (Å²) in [5.74, 6) is 1.30. The molecule has 8 nitrogen and oxygen atoms in total. The van der Waals surface area contributed by atoms with Crippen LogP contribution >= 0.6 is 0 Å². The summed E-state index contributed by atoms with van der Waals surface area (Å²) in [6.07, 6.45) is 3.16. The molecule has 0 saturated carbocycles. The molecule has 32 heavy (non-hydrogen) atoms. The maximum Gasteiger partial charge on any atom is 0.243 e. The minimum atomic E-state index is -3.79. The summed E-state index contributed by atoms with van der Waals surface area (Å²) >= 11 is 0. The molecule has 0 unspecified atom stereocenters. The third-order valence-electron chi connectivity index (χ3n) is 6.29. The minimum Gasteiger partial charge on any atom is -0.486 e. The number of benzene rings is 2. The number of hydrogen-bond donors (Lipinski definition) is 0. The van der Waals surface area contributed by atoms with Crippen molar-refractivity contribution in [2.75, 3.05) is 32.8 Å². The summed E-state index contributed by atoms with van der Waals surface area (Å²) in [5, 5.41) is 0. The van der Waals surface area contributed by atoms with Crippen LogP contribution in [0.25, 0.3) is 0 Å². The average molecular weight is 479 g/mol. The maximum absolute atomic E-state index is 13.4.